The van der Waals surface area contributed by atoms with Crippen LogP contribution >= 0.6 is 27.5 Å². The number of hydrogen-bond donors (Lipinski definition) is 2. The van der Waals surface area contributed by atoms with Crippen molar-refractivity contribution in [3.63, 3.8) is 0 Å². The molecular weight excluding hydrogens is 724 g/mol. The number of hydrogen-bond acceptors (Lipinski definition) is 5. The van der Waals surface area contributed by atoms with Crippen LogP contribution in [0.3, 0.4) is 0 Å². The minimum Gasteiger partial charge on any atom is -0.349 e. The van der Waals surface area contributed by atoms with Gasteiger partial charge in [-0.15, -0.1) is 11.6 Å². The summed E-state index contributed by atoms with van der Waals surface area (Å²) in [7, 11) is 1.53. The van der Waals surface area contributed by atoms with Crippen molar-refractivity contribution in [2.24, 2.45) is 0 Å². The third-order valence-electron chi connectivity index (χ3n) is 7.59. The predicted octanol–water partition coefficient (Wildman–Crippen LogP) is 5.06. The molecule has 0 aliphatic carbocycles. The largest absolute Gasteiger partial charge is 0.434 e. The average Bonchev–Trinajstić information content (AvgIpc) is 3.69. The number of carbonyl (C=O) groups is 3. The van der Waals surface area contributed by atoms with Crippen LogP contribution in [0.2, 0.25) is 0 Å². The van der Waals surface area contributed by atoms with Crippen molar-refractivity contribution in [3.8, 4) is 0 Å². The van der Waals surface area contributed by atoms with Gasteiger partial charge in [-0.25, -0.2) is 14.1 Å². The normalized spacial score (nSPS) is 16.2. The van der Waals surface area contributed by atoms with E-state index in [0.29, 0.717) is 15.7 Å². The van der Waals surface area contributed by atoms with E-state index in [2.05, 4.69) is 36.6 Å². The number of likely N-dealkylation sites (tertiary alicyclic amines) is 1. The quantitative estimate of drug-likeness (QED) is 0.199. The molecule has 3 aromatic rings. The van der Waals surface area contributed by atoms with Gasteiger partial charge in [-0.2, -0.15) is 27.1 Å². The van der Waals surface area contributed by atoms with Gasteiger partial charge in [0.25, 0.3) is 5.91 Å². The average molecular weight is 755 g/mol. The maximum absolute atomic E-state index is 15.0. The first-order chi connectivity index (χ1) is 21.9. The van der Waals surface area contributed by atoms with Crippen molar-refractivity contribution in [1.29, 1.82) is 0 Å². The fraction of sp³-hybridized carbons (Fsp3) is 0.483. The summed E-state index contributed by atoms with van der Waals surface area (Å²) in [5, 5.41) is 8.69. The van der Waals surface area contributed by atoms with E-state index in [1.165, 1.54) is 31.9 Å². The topological polar surface area (TPSA) is 114 Å². The maximum Gasteiger partial charge on any atom is 0.434 e. The molecule has 256 valence electrons. The van der Waals surface area contributed by atoms with Crippen LogP contribution in [0, 0.1) is 5.82 Å². The fourth-order valence-corrected chi connectivity index (χ4v) is 6.05. The van der Waals surface area contributed by atoms with Gasteiger partial charge in [-0.1, -0.05) is 15.9 Å². The van der Waals surface area contributed by atoms with E-state index < -0.39 is 53.7 Å². The van der Waals surface area contributed by atoms with Gasteiger partial charge in [-0.3, -0.25) is 14.4 Å². The highest BCUT2D eigenvalue weighted by Crippen LogP contribution is 2.33. The maximum atomic E-state index is 15.0. The van der Waals surface area contributed by atoms with Crippen molar-refractivity contribution >= 4 is 45.3 Å². The van der Waals surface area contributed by atoms with E-state index in [1.54, 1.807) is 0 Å². The molecule has 1 fully saturated rings. The van der Waals surface area contributed by atoms with Crippen LogP contribution in [0.25, 0.3) is 0 Å². The van der Waals surface area contributed by atoms with Crippen molar-refractivity contribution in [1.82, 2.24) is 34.9 Å². The lowest BCUT2D eigenvalue weighted by atomic mass is 9.97. The van der Waals surface area contributed by atoms with Crippen LogP contribution < -0.4 is 10.6 Å². The number of likely N-dealkylation sites (N-methyl/N-ethyl adjacent to an activating group) is 1. The second kappa shape index (κ2) is 14.3. The Morgan fingerprint density at radius 1 is 1.19 bits per heavy atom. The molecule has 10 nitrogen and oxygen atoms in total. The lowest BCUT2D eigenvalue weighted by Gasteiger charge is -2.30. The van der Waals surface area contributed by atoms with Gasteiger partial charge in [0.1, 0.15) is 23.7 Å². The Kier molecular flexibility index (Phi) is 11.0. The molecule has 1 aliphatic rings. The van der Waals surface area contributed by atoms with Crippen LogP contribution in [0.15, 0.2) is 35.2 Å². The first-order valence-electron chi connectivity index (χ1n) is 14.3. The van der Waals surface area contributed by atoms with Gasteiger partial charge in [0.05, 0.1) is 11.8 Å². The summed E-state index contributed by atoms with van der Waals surface area (Å²) in [6, 6.07) is 0.0388. The van der Waals surface area contributed by atoms with Crippen LogP contribution in [0.4, 0.5) is 26.3 Å². The van der Waals surface area contributed by atoms with Gasteiger partial charge in [0.2, 0.25) is 11.8 Å². The Labute approximate surface area is 278 Å². The molecule has 18 heteroatoms. The predicted molar refractivity (Wildman–Crippen MR) is 161 cm³/mol. The Balaban J connectivity index is 1.64. The number of imidazole rings is 1. The van der Waals surface area contributed by atoms with Crippen LogP contribution in [0.1, 0.15) is 65.9 Å². The molecule has 0 saturated carbocycles. The van der Waals surface area contributed by atoms with Crippen molar-refractivity contribution in [3.05, 3.63) is 69.2 Å². The van der Waals surface area contributed by atoms with Gasteiger partial charge in [0, 0.05) is 54.7 Å². The minimum atomic E-state index is -4.80. The number of nitrogens with one attached hydrogen (secondary N) is 2. The highest BCUT2D eigenvalue weighted by atomic mass is 79.9. The van der Waals surface area contributed by atoms with E-state index in [-0.39, 0.29) is 60.0 Å². The van der Waals surface area contributed by atoms with Crippen molar-refractivity contribution in [2.45, 2.75) is 69.9 Å². The number of halogens is 8. The summed E-state index contributed by atoms with van der Waals surface area (Å²) in [5.41, 5.74) is -2.54. The molecule has 4 rings (SSSR count). The molecular formula is C29H31BrClF6N7O3. The Morgan fingerprint density at radius 2 is 1.89 bits per heavy atom. The third kappa shape index (κ3) is 8.47. The zero-order valence-corrected chi connectivity index (χ0v) is 27.7. The molecule has 0 radical (unpaired) electrons. The number of nitrogens with zero attached hydrogens (tertiary/aromatic N) is 5. The summed E-state index contributed by atoms with van der Waals surface area (Å²) in [4.78, 5) is 45.0. The molecule has 3 amide bonds. The number of carbonyl (C=O) groups excluding carboxylic acids is 3. The zero-order chi connectivity index (χ0) is 34.8. The molecule has 2 atom stereocenters. The summed E-state index contributed by atoms with van der Waals surface area (Å²) < 4.78 is 84.3. The highest BCUT2D eigenvalue weighted by Gasteiger charge is 2.40. The molecule has 2 N–H and O–H groups in total. The zero-order valence-electron chi connectivity index (χ0n) is 25.3. The van der Waals surface area contributed by atoms with Gasteiger partial charge in [0.15, 0.2) is 5.69 Å². The van der Waals surface area contributed by atoms with E-state index in [9.17, 15) is 40.7 Å². The molecule has 1 unspecified atom stereocenters. The molecule has 1 aliphatic heterocycles. The van der Waals surface area contributed by atoms with Gasteiger partial charge < -0.3 is 20.1 Å². The number of benzene rings is 1. The molecule has 1 aromatic carbocycles. The van der Waals surface area contributed by atoms with E-state index >= 15 is 0 Å². The standard InChI is InChI=1S/C29H31BrClF6N7O3/c1-28(2,11-22-40-21(29(35,36)37)14-43(22)20-7-9-42(3)26(20)47)41-24(45)19(10-15-12-38-44(13-15)27(33)34)39-25(46)23-16(6-8-31)17(30)4-5-18(23)32/h4-5,12-14,19-20,27H,6-11H2,1-3H3,(H,39,46)(H,41,45)/t19-,20?/m1/s1. The van der Waals surface area contributed by atoms with Crippen molar-refractivity contribution in [2.75, 3.05) is 19.5 Å². The number of aromatic nitrogens is 4. The molecule has 0 bridgehead atoms. The molecule has 2 aromatic heterocycles. The molecule has 47 heavy (non-hydrogen) atoms. The fourth-order valence-electron chi connectivity index (χ4n) is 5.33. The van der Waals surface area contributed by atoms with E-state index in [4.69, 9.17) is 11.6 Å². The smallest absolute Gasteiger partial charge is 0.349 e. The number of amides is 3. The minimum absolute atomic E-state index is 0.0435. The third-order valence-corrected chi connectivity index (χ3v) is 8.52. The van der Waals surface area contributed by atoms with E-state index in [0.717, 1.165) is 29.2 Å². The Hall–Kier alpha value is -3.60. The summed E-state index contributed by atoms with van der Waals surface area (Å²) in [6.45, 7) is 0.354. The Morgan fingerprint density at radius 3 is 2.47 bits per heavy atom. The first-order valence-corrected chi connectivity index (χ1v) is 15.6. The number of rotatable bonds is 12. The summed E-state index contributed by atoms with van der Waals surface area (Å²) in [5.74, 6) is -3.19. The number of alkyl halides is 6. The first kappa shape index (κ1) is 36.2. The lowest BCUT2D eigenvalue weighted by Crippen LogP contribution is -2.55. The summed E-state index contributed by atoms with van der Waals surface area (Å²) >= 11 is 9.13. The van der Waals surface area contributed by atoms with Gasteiger partial charge in [-0.05, 0) is 49.9 Å². The van der Waals surface area contributed by atoms with E-state index in [1.807, 2.05) is 0 Å². The highest BCUT2D eigenvalue weighted by molar-refractivity contribution is 9.10. The van der Waals surface area contributed by atoms with Crippen LogP contribution in [-0.4, -0.2) is 73.0 Å². The second-order valence-electron chi connectivity index (χ2n) is 11.7. The van der Waals surface area contributed by atoms with Crippen LogP contribution in [0.5, 0.6) is 0 Å². The van der Waals surface area contributed by atoms with Gasteiger partial charge >= 0.3 is 12.7 Å². The molecule has 1 saturated heterocycles. The molecule has 0 spiro atoms. The van der Waals surface area contributed by atoms with Crippen LogP contribution in [-0.2, 0) is 35.0 Å². The summed E-state index contributed by atoms with van der Waals surface area (Å²) in [6.07, 6.45) is -2.25. The SMILES string of the molecule is CN1CCC(n2cc(C(F)(F)F)nc2CC(C)(C)NC(=O)[C@@H](Cc2cnn(C(F)F)c2)NC(=O)c2c(F)ccc(Br)c2CCCl)C1=O. The Bertz CT molecular complexity index is 1640. The monoisotopic (exact) mass is 753 g/mol. The van der Waals surface area contributed by atoms with Crippen molar-refractivity contribution < 1.29 is 40.7 Å². The second-order valence-corrected chi connectivity index (χ2v) is 13.0. The molecule has 3 heterocycles. The lowest BCUT2D eigenvalue weighted by molar-refractivity contribution is -0.141.